The number of anilines is 1. The lowest BCUT2D eigenvalue weighted by Crippen LogP contribution is -2.50. The Morgan fingerprint density at radius 1 is 1.19 bits per heavy atom. The molecule has 8 heteroatoms. The third-order valence-corrected chi connectivity index (χ3v) is 4.89. The third kappa shape index (κ3) is 4.11. The van der Waals surface area contributed by atoms with E-state index in [9.17, 15) is 4.79 Å². The second-order valence-corrected chi connectivity index (χ2v) is 6.73. The first-order valence-corrected chi connectivity index (χ1v) is 9.11. The molecule has 0 aliphatic carbocycles. The Kier molecular flexibility index (Phi) is 5.06. The van der Waals surface area contributed by atoms with Crippen molar-refractivity contribution in [3.63, 3.8) is 0 Å². The number of piperazine rings is 1. The molecule has 1 N–H and O–H groups in total. The van der Waals surface area contributed by atoms with Gasteiger partial charge in [-0.25, -0.2) is 4.98 Å². The number of rotatable bonds is 5. The molecule has 2 aromatic rings. The molecule has 8 nitrogen and oxygen atoms in total. The fourth-order valence-corrected chi connectivity index (χ4v) is 3.35. The molecule has 1 saturated heterocycles. The number of nitrogens with zero attached hydrogens (tertiary/aromatic N) is 4. The summed E-state index contributed by atoms with van der Waals surface area (Å²) < 4.78 is 10.7. The summed E-state index contributed by atoms with van der Waals surface area (Å²) >= 11 is 0. The fraction of sp³-hybridized carbons (Fsp3) is 0.421. The highest BCUT2D eigenvalue weighted by atomic mass is 16.7. The van der Waals surface area contributed by atoms with E-state index >= 15 is 0 Å². The molecule has 1 unspecified atom stereocenters. The zero-order chi connectivity index (χ0) is 18.6. The fourth-order valence-electron chi connectivity index (χ4n) is 3.35. The van der Waals surface area contributed by atoms with Gasteiger partial charge in [-0.15, -0.1) is 0 Å². The highest BCUT2D eigenvalue weighted by Gasteiger charge is 2.21. The van der Waals surface area contributed by atoms with E-state index in [0.717, 1.165) is 49.1 Å². The van der Waals surface area contributed by atoms with Crippen LogP contribution in [0.3, 0.4) is 0 Å². The average Bonchev–Trinajstić information content (AvgIpc) is 3.17. The van der Waals surface area contributed by atoms with Gasteiger partial charge in [-0.3, -0.25) is 14.7 Å². The van der Waals surface area contributed by atoms with E-state index in [0.29, 0.717) is 6.54 Å². The number of fused-ring (bicyclic) bond motifs is 1. The van der Waals surface area contributed by atoms with Crippen LogP contribution >= 0.6 is 0 Å². The van der Waals surface area contributed by atoms with Gasteiger partial charge in [0.1, 0.15) is 5.82 Å². The van der Waals surface area contributed by atoms with Gasteiger partial charge >= 0.3 is 0 Å². The third-order valence-electron chi connectivity index (χ3n) is 4.89. The smallest absolute Gasteiger partial charge is 0.234 e. The Labute approximate surface area is 158 Å². The largest absolute Gasteiger partial charge is 0.454 e. The van der Waals surface area contributed by atoms with Crippen LogP contribution in [0.25, 0.3) is 0 Å². The highest BCUT2D eigenvalue weighted by molar-refractivity contribution is 5.78. The van der Waals surface area contributed by atoms with Crippen LogP contribution in [0.5, 0.6) is 11.5 Å². The van der Waals surface area contributed by atoms with Crippen LogP contribution in [0, 0.1) is 0 Å². The first-order valence-electron chi connectivity index (χ1n) is 9.11. The van der Waals surface area contributed by atoms with Crippen LogP contribution in [-0.2, 0) is 4.79 Å². The zero-order valence-corrected chi connectivity index (χ0v) is 15.3. The first-order chi connectivity index (χ1) is 13.2. The number of carbonyl (C=O) groups is 1. The zero-order valence-electron chi connectivity index (χ0n) is 15.3. The maximum absolute atomic E-state index is 12.4. The van der Waals surface area contributed by atoms with Crippen LogP contribution in [-0.4, -0.2) is 60.3 Å². The minimum atomic E-state index is -0.0899. The van der Waals surface area contributed by atoms with Crippen molar-refractivity contribution < 1.29 is 14.3 Å². The molecular weight excluding hydrogens is 346 g/mol. The number of benzene rings is 1. The van der Waals surface area contributed by atoms with E-state index in [-0.39, 0.29) is 18.7 Å². The average molecular weight is 369 g/mol. The predicted octanol–water partition coefficient (Wildman–Crippen LogP) is 1.20. The minimum Gasteiger partial charge on any atom is -0.454 e. The number of hydrogen-bond acceptors (Lipinski definition) is 7. The quantitative estimate of drug-likeness (QED) is 0.848. The Morgan fingerprint density at radius 3 is 2.78 bits per heavy atom. The lowest BCUT2D eigenvalue weighted by atomic mass is 10.1. The van der Waals surface area contributed by atoms with Gasteiger partial charge in [0.05, 0.1) is 18.8 Å². The lowest BCUT2D eigenvalue weighted by molar-refractivity contribution is -0.123. The van der Waals surface area contributed by atoms with Gasteiger partial charge in [0, 0.05) is 38.6 Å². The highest BCUT2D eigenvalue weighted by Crippen LogP contribution is 2.34. The van der Waals surface area contributed by atoms with Gasteiger partial charge in [-0.2, -0.15) is 0 Å². The van der Waals surface area contributed by atoms with Crippen molar-refractivity contribution in [2.45, 2.75) is 13.0 Å². The molecule has 1 fully saturated rings. The summed E-state index contributed by atoms with van der Waals surface area (Å²) in [6, 6.07) is 5.67. The molecule has 4 rings (SSSR count). The summed E-state index contributed by atoms with van der Waals surface area (Å²) in [6.07, 6.45) is 5.15. The van der Waals surface area contributed by atoms with Crippen LogP contribution in [0.4, 0.5) is 5.82 Å². The van der Waals surface area contributed by atoms with Crippen LogP contribution in [0.1, 0.15) is 18.5 Å². The van der Waals surface area contributed by atoms with Gasteiger partial charge < -0.3 is 19.7 Å². The molecular formula is C19H23N5O3. The van der Waals surface area contributed by atoms with Gasteiger partial charge in [0.15, 0.2) is 11.5 Å². The van der Waals surface area contributed by atoms with Crippen molar-refractivity contribution in [2.75, 3.05) is 44.4 Å². The standard InChI is InChI=1S/C19H23N5O3/c1-14(15-2-3-16-17(10-15)27-13-26-16)22-19(25)12-23-6-8-24(9-7-23)18-11-20-4-5-21-18/h2-5,10-11,14H,6-9,12-13H2,1H3,(H,22,25). The number of ether oxygens (including phenoxy) is 2. The summed E-state index contributed by atoms with van der Waals surface area (Å²) in [5.74, 6) is 2.39. The summed E-state index contributed by atoms with van der Waals surface area (Å²) in [7, 11) is 0. The first kappa shape index (κ1) is 17.5. The van der Waals surface area contributed by atoms with Crippen molar-refractivity contribution in [3.8, 4) is 11.5 Å². The van der Waals surface area contributed by atoms with Gasteiger partial charge in [-0.05, 0) is 24.6 Å². The Morgan fingerprint density at radius 2 is 2.00 bits per heavy atom. The molecule has 1 aromatic carbocycles. The Bertz CT molecular complexity index is 793. The molecule has 2 aliphatic rings. The summed E-state index contributed by atoms with van der Waals surface area (Å²) in [6.45, 7) is 5.93. The van der Waals surface area contributed by atoms with E-state index in [4.69, 9.17) is 9.47 Å². The molecule has 27 heavy (non-hydrogen) atoms. The van der Waals surface area contributed by atoms with Gasteiger partial charge in [0.25, 0.3) is 0 Å². The molecule has 0 saturated carbocycles. The monoisotopic (exact) mass is 369 g/mol. The minimum absolute atomic E-state index is 0.0214. The van der Waals surface area contributed by atoms with Crippen molar-refractivity contribution in [3.05, 3.63) is 42.4 Å². The molecule has 3 heterocycles. The summed E-state index contributed by atoms with van der Waals surface area (Å²) in [5, 5.41) is 3.06. The molecule has 1 atom stereocenters. The molecule has 142 valence electrons. The maximum Gasteiger partial charge on any atom is 0.234 e. The molecule has 0 spiro atoms. The van der Waals surface area contributed by atoms with Gasteiger partial charge in [0.2, 0.25) is 12.7 Å². The topological polar surface area (TPSA) is 79.8 Å². The predicted molar refractivity (Wildman–Crippen MR) is 99.8 cm³/mol. The van der Waals surface area contributed by atoms with Crippen molar-refractivity contribution in [1.82, 2.24) is 20.2 Å². The number of aromatic nitrogens is 2. The molecule has 0 radical (unpaired) electrons. The number of hydrogen-bond donors (Lipinski definition) is 1. The Hall–Kier alpha value is -2.87. The van der Waals surface area contributed by atoms with E-state index in [1.807, 2.05) is 25.1 Å². The second kappa shape index (κ2) is 7.79. The van der Waals surface area contributed by atoms with Crippen LogP contribution in [0.15, 0.2) is 36.8 Å². The second-order valence-electron chi connectivity index (χ2n) is 6.73. The van der Waals surface area contributed by atoms with Crippen molar-refractivity contribution >= 4 is 11.7 Å². The molecule has 2 aliphatic heterocycles. The normalized spacial score (nSPS) is 17.6. The van der Waals surface area contributed by atoms with Crippen LogP contribution in [0.2, 0.25) is 0 Å². The molecule has 0 bridgehead atoms. The van der Waals surface area contributed by atoms with E-state index < -0.39 is 0 Å². The summed E-state index contributed by atoms with van der Waals surface area (Å²) in [5.41, 5.74) is 1.00. The maximum atomic E-state index is 12.4. The Balaban J connectivity index is 1.26. The number of amides is 1. The molecule has 1 aromatic heterocycles. The lowest BCUT2D eigenvalue weighted by Gasteiger charge is -2.34. The SMILES string of the molecule is CC(NC(=O)CN1CCN(c2cnccn2)CC1)c1ccc2c(c1)OCO2. The van der Waals surface area contributed by atoms with Crippen molar-refractivity contribution in [1.29, 1.82) is 0 Å². The number of carbonyl (C=O) groups excluding carboxylic acids is 1. The van der Waals surface area contributed by atoms with E-state index in [1.165, 1.54) is 0 Å². The summed E-state index contributed by atoms with van der Waals surface area (Å²) in [4.78, 5) is 25.2. The molecule has 1 amide bonds. The van der Waals surface area contributed by atoms with Crippen molar-refractivity contribution in [2.24, 2.45) is 0 Å². The van der Waals surface area contributed by atoms with Crippen LogP contribution < -0.4 is 19.7 Å². The van der Waals surface area contributed by atoms with E-state index in [2.05, 4.69) is 25.1 Å². The van der Waals surface area contributed by atoms with Gasteiger partial charge in [-0.1, -0.05) is 6.07 Å². The number of nitrogens with one attached hydrogen (secondary N) is 1. The van der Waals surface area contributed by atoms with E-state index in [1.54, 1.807) is 18.6 Å².